The maximum Gasteiger partial charge on any atom is 0.160 e. The third-order valence-electron chi connectivity index (χ3n) is 4.38. The maximum atomic E-state index is 5.40. The summed E-state index contributed by atoms with van der Waals surface area (Å²) < 4.78 is 9.69. The molecule has 0 saturated carbocycles. The van der Waals surface area contributed by atoms with Crippen molar-refractivity contribution < 1.29 is 4.74 Å². The molecule has 2 aromatic heterocycles. The molecule has 4 heterocycles. The first kappa shape index (κ1) is 13.9. The second kappa shape index (κ2) is 6.20. The molecule has 118 valence electrons. The van der Waals surface area contributed by atoms with Gasteiger partial charge in [-0.25, -0.2) is 4.98 Å². The molecule has 0 radical (unpaired) electrons. The van der Waals surface area contributed by atoms with E-state index in [9.17, 15) is 0 Å². The van der Waals surface area contributed by atoms with E-state index in [0.717, 1.165) is 70.5 Å². The highest BCUT2D eigenvalue weighted by Gasteiger charge is 2.16. The average Bonchev–Trinajstić information content (AvgIpc) is 3.20. The Morgan fingerprint density at radius 2 is 2.09 bits per heavy atom. The molecule has 0 aromatic carbocycles. The number of aromatic nitrogens is 4. The lowest BCUT2D eigenvalue weighted by atomic mass is 10.3. The summed E-state index contributed by atoms with van der Waals surface area (Å²) in [5.74, 6) is 0.968. The Balaban J connectivity index is 1.48. The number of morpholine rings is 1. The minimum atomic E-state index is 0.845. The van der Waals surface area contributed by atoms with Crippen LogP contribution in [-0.4, -0.2) is 63.6 Å². The molecule has 7 heteroatoms. The van der Waals surface area contributed by atoms with Gasteiger partial charge in [0.2, 0.25) is 0 Å². The fourth-order valence-corrected chi connectivity index (χ4v) is 3.10. The molecule has 0 spiro atoms. The van der Waals surface area contributed by atoms with Crippen LogP contribution >= 0.6 is 0 Å². The summed E-state index contributed by atoms with van der Waals surface area (Å²) in [6, 6.07) is 2.15. The largest absolute Gasteiger partial charge is 0.379 e. The third kappa shape index (κ3) is 2.79. The molecule has 0 aliphatic carbocycles. The van der Waals surface area contributed by atoms with Crippen LogP contribution in [-0.2, 0) is 24.4 Å². The van der Waals surface area contributed by atoms with Crippen LogP contribution in [0.3, 0.4) is 0 Å². The van der Waals surface area contributed by atoms with Crippen LogP contribution in [0.15, 0.2) is 18.5 Å². The van der Waals surface area contributed by atoms with Crippen molar-refractivity contribution in [2.24, 2.45) is 0 Å². The van der Waals surface area contributed by atoms with Crippen molar-refractivity contribution in [2.45, 2.75) is 19.6 Å². The Kier molecular flexibility index (Phi) is 3.92. The lowest BCUT2D eigenvalue weighted by molar-refractivity contribution is 0.0364. The first-order valence-corrected chi connectivity index (χ1v) is 7.99. The van der Waals surface area contributed by atoms with Crippen molar-refractivity contribution in [1.29, 1.82) is 0 Å². The summed E-state index contributed by atoms with van der Waals surface area (Å²) in [7, 11) is 0. The molecule has 0 atom stereocenters. The van der Waals surface area contributed by atoms with Gasteiger partial charge in [-0.05, 0) is 6.07 Å². The van der Waals surface area contributed by atoms with E-state index in [4.69, 9.17) is 9.84 Å². The molecule has 2 aromatic rings. The second-order valence-corrected chi connectivity index (χ2v) is 5.82. The highest BCUT2D eigenvalue weighted by molar-refractivity contribution is 5.50. The van der Waals surface area contributed by atoms with Crippen molar-refractivity contribution in [3.05, 3.63) is 24.2 Å². The van der Waals surface area contributed by atoms with E-state index in [1.165, 1.54) is 5.69 Å². The van der Waals surface area contributed by atoms with Gasteiger partial charge in [-0.1, -0.05) is 0 Å². The van der Waals surface area contributed by atoms with Crippen molar-refractivity contribution in [3.8, 4) is 11.5 Å². The summed E-state index contributed by atoms with van der Waals surface area (Å²) in [6.07, 6.45) is 3.91. The molecule has 7 nitrogen and oxygen atoms in total. The van der Waals surface area contributed by atoms with E-state index < -0.39 is 0 Å². The van der Waals surface area contributed by atoms with E-state index >= 15 is 0 Å². The van der Waals surface area contributed by atoms with Gasteiger partial charge >= 0.3 is 0 Å². The van der Waals surface area contributed by atoms with Gasteiger partial charge in [0.1, 0.15) is 5.69 Å². The Hall–Kier alpha value is -1.70. The molecule has 0 unspecified atom stereocenters. The number of ether oxygens (including phenoxy) is 1. The van der Waals surface area contributed by atoms with Gasteiger partial charge in [-0.15, -0.1) is 0 Å². The number of rotatable bonds is 4. The van der Waals surface area contributed by atoms with Crippen molar-refractivity contribution in [2.75, 3.05) is 39.4 Å². The number of imidazole rings is 1. The Labute approximate surface area is 129 Å². The number of nitrogens with zero attached hydrogens (tertiary/aromatic N) is 5. The molecule has 1 fully saturated rings. The Morgan fingerprint density at radius 1 is 1.18 bits per heavy atom. The van der Waals surface area contributed by atoms with Crippen molar-refractivity contribution >= 4 is 0 Å². The van der Waals surface area contributed by atoms with Crippen LogP contribution in [0.5, 0.6) is 0 Å². The Bertz CT molecular complexity index is 604. The number of fused-ring (bicyclic) bond motifs is 1. The topological polar surface area (TPSA) is 60.1 Å². The van der Waals surface area contributed by atoms with E-state index in [1.54, 1.807) is 0 Å². The van der Waals surface area contributed by atoms with E-state index in [-0.39, 0.29) is 0 Å². The minimum absolute atomic E-state index is 0.845. The van der Waals surface area contributed by atoms with Gasteiger partial charge in [-0.3, -0.25) is 9.58 Å². The minimum Gasteiger partial charge on any atom is -0.379 e. The summed E-state index contributed by atoms with van der Waals surface area (Å²) in [5, 5.41) is 8.08. The van der Waals surface area contributed by atoms with E-state index in [2.05, 4.69) is 30.5 Å². The lowest BCUT2D eigenvalue weighted by Gasteiger charge is -2.26. The Morgan fingerprint density at radius 3 is 2.95 bits per heavy atom. The fraction of sp³-hybridized carbons (Fsp3) is 0.600. The summed E-state index contributed by atoms with van der Waals surface area (Å²) in [4.78, 5) is 6.96. The number of hydrogen-bond donors (Lipinski definition) is 1. The van der Waals surface area contributed by atoms with Gasteiger partial charge in [0, 0.05) is 51.7 Å². The molecule has 1 saturated heterocycles. The molecular weight excluding hydrogens is 280 g/mol. The van der Waals surface area contributed by atoms with Crippen LogP contribution in [0.4, 0.5) is 0 Å². The first-order valence-electron chi connectivity index (χ1n) is 7.99. The van der Waals surface area contributed by atoms with Gasteiger partial charge in [-0.2, -0.15) is 5.10 Å². The molecule has 2 aliphatic rings. The van der Waals surface area contributed by atoms with Crippen molar-refractivity contribution in [3.63, 3.8) is 0 Å². The predicted octanol–water partition coefficient (Wildman–Crippen LogP) is 0.182. The number of nitrogens with one attached hydrogen (secondary N) is 1. The quantitative estimate of drug-likeness (QED) is 0.873. The van der Waals surface area contributed by atoms with Gasteiger partial charge in [0.25, 0.3) is 0 Å². The average molecular weight is 302 g/mol. The summed E-state index contributed by atoms with van der Waals surface area (Å²) >= 11 is 0. The zero-order valence-corrected chi connectivity index (χ0v) is 12.7. The van der Waals surface area contributed by atoms with Crippen LogP contribution in [0.25, 0.3) is 11.5 Å². The van der Waals surface area contributed by atoms with Gasteiger partial charge < -0.3 is 14.6 Å². The standard InChI is InChI=1S/C15H22N6O/c1-4-21-13(12-16-1)11-14(18-21)15-17-2-3-20(15)6-5-19-7-9-22-10-8-19/h2-3,11,16H,1,4-10,12H2. The monoisotopic (exact) mass is 302 g/mol. The molecular formula is C15H22N6O. The molecule has 0 amide bonds. The summed E-state index contributed by atoms with van der Waals surface area (Å²) in [6.45, 7) is 8.51. The molecule has 22 heavy (non-hydrogen) atoms. The molecule has 4 rings (SSSR count). The van der Waals surface area contributed by atoms with Gasteiger partial charge in [0.05, 0.1) is 25.5 Å². The molecule has 1 N–H and O–H groups in total. The second-order valence-electron chi connectivity index (χ2n) is 5.82. The summed E-state index contributed by atoms with van der Waals surface area (Å²) in [5.41, 5.74) is 2.22. The molecule has 0 bridgehead atoms. The smallest absolute Gasteiger partial charge is 0.160 e. The third-order valence-corrected chi connectivity index (χ3v) is 4.38. The van der Waals surface area contributed by atoms with E-state index in [1.807, 2.05) is 12.4 Å². The maximum absolute atomic E-state index is 5.40. The zero-order chi connectivity index (χ0) is 14.8. The highest BCUT2D eigenvalue weighted by Crippen LogP contribution is 2.19. The highest BCUT2D eigenvalue weighted by atomic mass is 16.5. The SMILES string of the molecule is c1cn(CCN2CCOCC2)c(-c2cc3n(n2)CCNC3)n1. The van der Waals surface area contributed by atoms with Crippen molar-refractivity contribution in [1.82, 2.24) is 29.5 Å². The first-order chi connectivity index (χ1) is 10.9. The zero-order valence-electron chi connectivity index (χ0n) is 12.7. The van der Waals surface area contributed by atoms with Crippen LogP contribution in [0.2, 0.25) is 0 Å². The van der Waals surface area contributed by atoms with Gasteiger partial charge in [0.15, 0.2) is 5.82 Å². The lowest BCUT2D eigenvalue weighted by Crippen LogP contribution is -2.38. The van der Waals surface area contributed by atoms with Crippen LogP contribution < -0.4 is 5.32 Å². The normalized spacial score (nSPS) is 19.3. The van der Waals surface area contributed by atoms with Crippen LogP contribution in [0.1, 0.15) is 5.69 Å². The fourth-order valence-electron chi connectivity index (χ4n) is 3.10. The predicted molar refractivity (Wildman–Crippen MR) is 82.4 cm³/mol. The van der Waals surface area contributed by atoms with E-state index in [0.29, 0.717) is 0 Å². The van der Waals surface area contributed by atoms with Crippen LogP contribution in [0, 0.1) is 0 Å². The molecule has 2 aliphatic heterocycles. The number of hydrogen-bond acceptors (Lipinski definition) is 5.